The fourth-order valence-corrected chi connectivity index (χ4v) is 0.490. The number of ether oxygens (including phenoxy) is 1. The summed E-state index contributed by atoms with van der Waals surface area (Å²) < 4.78 is 4.43. The van der Waals surface area contributed by atoms with Gasteiger partial charge in [0.25, 0.3) is 0 Å². The van der Waals surface area contributed by atoms with E-state index in [9.17, 15) is 4.79 Å². The van der Waals surface area contributed by atoms with Crippen LogP contribution >= 0.6 is 0 Å². The first kappa shape index (κ1) is 11.1. The average Bonchev–Trinajstić information content (AvgIpc) is 2.02. The number of esters is 1. The first-order valence-corrected chi connectivity index (χ1v) is 3.71. The maximum absolute atomic E-state index is 10.8. The number of carbonyl (C=O) groups is 1. The number of aliphatic hydroxyl groups is 2. The average molecular weight is 174 g/mol. The van der Waals surface area contributed by atoms with Crippen molar-refractivity contribution in [2.75, 3.05) is 0 Å². The van der Waals surface area contributed by atoms with Crippen molar-refractivity contribution in [2.24, 2.45) is 0 Å². The molecular formula is C8H14O4. The lowest BCUT2D eigenvalue weighted by Crippen LogP contribution is -2.30. The molecule has 0 radical (unpaired) electrons. The summed E-state index contributed by atoms with van der Waals surface area (Å²) in [6, 6.07) is 0. The van der Waals surface area contributed by atoms with Crippen molar-refractivity contribution in [2.45, 2.75) is 32.7 Å². The summed E-state index contributed by atoms with van der Waals surface area (Å²) >= 11 is 0. The van der Waals surface area contributed by atoms with Crippen LogP contribution in [0.2, 0.25) is 0 Å². The summed E-state index contributed by atoms with van der Waals surface area (Å²) in [5.74, 6) is -0.699. The van der Waals surface area contributed by atoms with Crippen LogP contribution < -0.4 is 0 Å². The molecule has 0 bridgehead atoms. The largest absolute Gasteiger partial charge is 0.430 e. The van der Waals surface area contributed by atoms with Gasteiger partial charge >= 0.3 is 5.97 Å². The molecule has 12 heavy (non-hydrogen) atoms. The van der Waals surface area contributed by atoms with E-state index in [1.165, 1.54) is 6.92 Å². The van der Waals surface area contributed by atoms with Crippen LogP contribution in [0.4, 0.5) is 0 Å². The maximum Gasteiger partial charge on any atom is 0.335 e. The van der Waals surface area contributed by atoms with Crippen LogP contribution in [0, 0.1) is 0 Å². The molecule has 0 rings (SSSR count). The molecule has 0 saturated carbocycles. The number of aliphatic hydroxyl groups excluding tert-OH is 2. The quantitative estimate of drug-likeness (QED) is 0.363. The number of hydrogen-bond acceptors (Lipinski definition) is 4. The second kappa shape index (κ2) is 4.90. The molecule has 4 heteroatoms. The van der Waals surface area contributed by atoms with Crippen molar-refractivity contribution in [1.29, 1.82) is 0 Å². The Morgan fingerprint density at radius 3 is 2.42 bits per heavy atom. The highest BCUT2D eigenvalue weighted by molar-refractivity contribution is 5.87. The van der Waals surface area contributed by atoms with E-state index in [1.54, 1.807) is 6.92 Å². The fourth-order valence-electron chi connectivity index (χ4n) is 0.490. The highest BCUT2D eigenvalue weighted by atomic mass is 16.6. The summed E-state index contributed by atoms with van der Waals surface area (Å²) in [6.07, 6.45) is -2.17. The van der Waals surface area contributed by atoms with E-state index in [1.807, 2.05) is 0 Å². The number of rotatable bonds is 4. The van der Waals surface area contributed by atoms with Gasteiger partial charge in [-0.2, -0.15) is 0 Å². The Kier molecular flexibility index (Phi) is 4.54. The molecule has 0 aliphatic heterocycles. The molecule has 2 unspecified atom stereocenters. The second-order valence-electron chi connectivity index (χ2n) is 2.55. The first-order chi connectivity index (χ1) is 5.49. The Bertz CT molecular complexity index is 176. The minimum absolute atomic E-state index is 0.192. The molecule has 0 aromatic heterocycles. The Morgan fingerprint density at radius 2 is 2.08 bits per heavy atom. The van der Waals surface area contributed by atoms with Gasteiger partial charge in [0.1, 0.15) is 6.10 Å². The van der Waals surface area contributed by atoms with E-state index in [-0.39, 0.29) is 5.57 Å². The minimum atomic E-state index is -1.46. The lowest BCUT2D eigenvalue weighted by Gasteiger charge is -2.16. The molecule has 2 N–H and O–H groups in total. The topological polar surface area (TPSA) is 66.8 Å². The van der Waals surface area contributed by atoms with Crippen LogP contribution in [0.15, 0.2) is 12.2 Å². The predicted molar refractivity (Wildman–Crippen MR) is 43.2 cm³/mol. The van der Waals surface area contributed by atoms with Crippen LogP contribution in [0.1, 0.15) is 20.3 Å². The lowest BCUT2D eigenvalue weighted by atomic mass is 10.3. The SMILES string of the molecule is C=C(C)C(=O)OC(O)C(O)CC. The molecule has 2 atom stereocenters. The molecule has 0 amide bonds. The highest BCUT2D eigenvalue weighted by Crippen LogP contribution is 2.03. The molecule has 0 heterocycles. The van der Waals surface area contributed by atoms with Crippen molar-refractivity contribution >= 4 is 5.97 Å². The molecule has 0 fully saturated rings. The van der Waals surface area contributed by atoms with Crippen molar-refractivity contribution < 1.29 is 19.7 Å². The van der Waals surface area contributed by atoms with Gasteiger partial charge in [0, 0.05) is 5.57 Å². The van der Waals surface area contributed by atoms with Crippen molar-refractivity contribution in [3.8, 4) is 0 Å². The van der Waals surface area contributed by atoms with Gasteiger partial charge in [-0.25, -0.2) is 4.79 Å². The number of carbonyl (C=O) groups excluding carboxylic acids is 1. The third kappa shape index (κ3) is 3.50. The summed E-state index contributed by atoms with van der Waals surface area (Å²) in [4.78, 5) is 10.8. The van der Waals surface area contributed by atoms with Crippen LogP contribution in [0.3, 0.4) is 0 Å². The van der Waals surface area contributed by atoms with Gasteiger partial charge in [0.2, 0.25) is 6.29 Å². The third-order valence-electron chi connectivity index (χ3n) is 1.32. The summed E-state index contributed by atoms with van der Waals surface area (Å²) in [5, 5.41) is 18.0. The molecule has 0 spiro atoms. The summed E-state index contributed by atoms with van der Waals surface area (Å²) in [6.45, 7) is 6.46. The highest BCUT2D eigenvalue weighted by Gasteiger charge is 2.18. The van der Waals surface area contributed by atoms with Gasteiger partial charge in [-0.1, -0.05) is 13.5 Å². The summed E-state index contributed by atoms with van der Waals surface area (Å²) in [7, 11) is 0. The first-order valence-electron chi connectivity index (χ1n) is 3.71. The van der Waals surface area contributed by atoms with Gasteiger partial charge in [-0.15, -0.1) is 0 Å². The monoisotopic (exact) mass is 174 g/mol. The normalized spacial score (nSPS) is 15.0. The molecule has 70 valence electrons. The smallest absolute Gasteiger partial charge is 0.335 e. The third-order valence-corrected chi connectivity index (χ3v) is 1.32. The molecule has 0 aromatic rings. The Labute approximate surface area is 71.5 Å². The van der Waals surface area contributed by atoms with Crippen LogP contribution in [-0.4, -0.2) is 28.6 Å². The van der Waals surface area contributed by atoms with E-state index in [0.29, 0.717) is 6.42 Å². The summed E-state index contributed by atoms with van der Waals surface area (Å²) in [5.41, 5.74) is 0.192. The molecule has 4 nitrogen and oxygen atoms in total. The Hall–Kier alpha value is -0.870. The van der Waals surface area contributed by atoms with Gasteiger partial charge in [0.05, 0.1) is 0 Å². The van der Waals surface area contributed by atoms with E-state index in [0.717, 1.165) is 0 Å². The maximum atomic E-state index is 10.8. The van der Waals surface area contributed by atoms with E-state index in [2.05, 4.69) is 11.3 Å². The molecule has 0 aliphatic rings. The molecule has 0 aliphatic carbocycles. The van der Waals surface area contributed by atoms with Gasteiger partial charge in [-0.05, 0) is 13.3 Å². The van der Waals surface area contributed by atoms with Gasteiger partial charge in [0.15, 0.2) is 0 Å². The molecule has 0 saturated heterocycles. The van der Waals surface area contributed by atoms with Crippen molar-refractivity contribution in [3.05, 3.63) is 12.2 Å². The second-order valence-corrected chi connectivity index (χ2v) is 2.55. The zero-order valence-corrected chi connectivity index (χ0v) is 7.28. The van der Waals surface area contributed by atoms with Crippen LogP contribution in [0.5, 0.6) is 0 Å². The van der Waals surface area contributed by atoms with Crippen LogP contribution in [-0.2, 0) is 9.53 Å². The predicted octanol–water partition coefficient (Wildman–Crippen LogP) is 0.195. The van der Waals surface area contributed by atoms with E-state index < -0.39 is 18.4 Å². The lowest BCUT2D eigenvalue weighted by molar-refractivity contribution is -0.182. The molecule has 0 aromatic carbocycles. The van der Waals surface area contributed by atoms with E-state index in [4.69, 9.17) is 10.2 Å². The Morgan fingerprint density at radius 1 is 1.58 bits per heavy atom. The Balaban J connectivity index is 3.92. The minimum Gasteiger partial charge on any atom is -0.430 e. The van der Waals surface area contributed by atoms with Gasteiger partial charge in [-0.3, -0.25) is 0 Å². The van der Waals surface area contributed by atoms with Crippen molar-refractivity contribution in [3.63, 3.8) is 0 Å². The zero-order valence-electron chi connectivity index (χ0n) is 7.28. The van der Waals surface area contributed by atoms with E-state index >= 15 is 0 Å². The molecular weight excluding hydrogens is 160 g/mol. The van der Waals surface area contributed by atoms with Gasteiger partial charge < -0.3 is 14.9 Å². The zero-order chi connectivity index (χ0) is 9.72. The van der Waals surface area contributed by atoms with Crippen molar-refractivity contribution in [1.82, 2.24) is 0 Å². The standard InChI is InChI=1S/C8H14O4/c1-4-6(9)8(11)12-7(10)5(2)3/h6,8-9,11H,2,4H2,1,3H3. The fraction of sp³-hybridized carbons (Fsp3) is 0.625. The van der Waals surface area contributed by atoms with Crippen LogP contribution in [0.25, 0.3) is 0 Å². The number of hydrogen-bond donors (Lipinski definition) is 2.